The highest BCUT2D eigenvalue weighted by Gasteiger charge is 2.32. The molecule has 1 saturated heterocycles. The van der Waals surface area contributed by atoms with Crippen LogP contribution >= 0.6 is 11.9 Å². The van der Waals surface area contributed by atoms with E-state index in [1.807, 2.05) is 6.07 Å². The number of halogens is 1. The molecule has 0 aromatic heterocycles. The molecule has 3 nitrogen and oxygen atoms in total. The molecule has 1 fully saturated rings. The summed E-state index contributed by atoms with van der Waals surface area (Å²) in [5.74, 6) is -0.146. The molecule has 5 heteroatoms. The Hall–Kier alpha value is -0.620. The van der Waals surface area contributed by atoms with Crippen LogP contribution in [0.3, 0.4) is 0 Å². The number of fused-ring (bicyclic) bond motifs is 3. The maximum absolute atomic E-state index is 13.3. The molecule has 0 spiro atoms. The van der Waals surface area contributed by atoms with E-state index in [1.54, 1.807) is 24.1 Å². The Morgan fingerprint density at radius 1 is 1.39 bits per heavy atom. The van der Waals surface area contributed by atoms with Crippen LogP contribution in [0, 0.1) is 5.82 Å². The minimum absolute atomic E-state index is 0.146. The van der Waals surface area contributed by atoms with Gasteiger partial charge in [0.25, 0.3) is 0 Å². The second-order valence-corrected chi connectivity index (χ2v) is 5.80. The fourth-order valence-corrected chi connectivity index (χ4v) is 3.73. The standard InChI is InChI=1S/C13H18FN3S/c1-2-16-6-5-15-13-11-4-3-10(14)9-12(11)18-17(13)8-7-16/h3-4,9,13,15H,2,5-8H2,1H3. The Balaban J connectivity index is 1.80. The second kappa shape index (κ2) is 5.17. The van der Waals surface area contributed by atoms with Gasteiger partial charge in [-0.25, -0.2) is 8.70 Å². The van der Waals surface area contributed by atoms with Gasteiger partial charge in [0, 0.05) is 31.1 Å². The molecule has 0 amide bonds. The lowest BCUT2D eigenvalue weighted by Gasteiger charge is -2.32. The van der Waals surface area contributed by atoms with Crippen molar-refractivity contribution in [1.82, 2.24) is 14.5 Å². The summed E-state index contributed by atoms with van der Waals surface area (Å²) in [6.45, 7) is 7.44. The summed E-state index contributed by atoms with van der Waals surface area (Å²) in [6, 6.07) is 5.11. The van der Waals surface area contributed by atoms with Crippen molar-refractivity contribution in [3.8, 4) is 0 Å². The number of rotatable bonds is 1. The van der Waals surface area contributed by atoms with Crippen molar-refractivity contribution in [3.05, 3.63) is 29.6 Å². The van der Waals surface area contributed by atoms with Crippen LogP contribution in [0.5, 0.6) is 0 Å². The monoisotopic (exact) mass is 267 g/mol. The molecular weight excluding hydrogens is 249 g/mol. The first-order valence-corrected chi connectivity index (χ1v) is 7.25. The topological polar surface area (TPSA) is 18.5 Å². The lowest BCUT2D eigenvalue weighted by atomic mass is 10.1. The Kier molecular flexibility index (Phi) is 3.56. The Morgan fingerprint density at radius 2 is 2.28 bits per heavy atom. The van der Waals surface area contributed by atoms with Gasteiger partial charge in [-0.2, -0.15) is 0 Å². The zero-order valence-electron chi connectivity index (χ0n) is 10.5. The summed E-state index contributed by atoms with van der Waals surface area (Å²) < 4.78 is 15.6. The molecule has 2 heterocycles. The van der Waals surface area contributed by atoms with Gasteiger partial charge in [-0.1, -0.05) is 13.0 Å². The zero-order chi connectivity index (χ0) is 12.5. The van der Waals surface area contributed by atoms with Gasteiger partial charge in [-0.05, 0) is 36.2 Å². The first-order valence-electron chi connectivity index (χ1n) is 6.47. The Bertz CT molecular complexity index is 440. The van der Waals surface area contributed by atoms with Crippen molar-refractivity contribution in [2.24, 2.45) is 0 Å². The molecule has 2 aliphatic heterocycles. The Labute approximate surface area is 111 Å². The molecular formula is C13H18FN3S. The van der Waals surface area contributed by atoms with Crippen molar-refractivity contribution < 1.29 is 4.39 Å². The normalized spacial score (nSPS) is 25.3. The quantitative estimate of drug-likeness (QED) is 0.785. The molecule has 0 saturated carbocycles. The van der Waals surface area contributed by atoms with Crippen LogP contribution in [0.25, 0.3) is 0 Å². The van der Waals surface area contributed by atoms with Gasteiger partial charge in [0.2, 0.25) is 0 Å². The van der Waals surface area contributed by atoms with Gasteiger partial charge in [-0.3, -0.25) is 5.32 Å². The number of benzene rings is 1. The molecule has 0 aliphatic carbocycles. The maximum atomic E-state index is 13.3. The number of nitrogens with zero attached hydrogens (tertiary/aromatic N) is 2. The average molecular weight is 267 g/mol. The predicted octanol–water partition coefficient (Wildman–Crippen LogP) is 2.07. The minimum atomic E-state index is -0.146. The smallest absolute Gasteiger partial charge is 0.124 e. The minimum Gasteiger partial charge on any atom is -0.301 e. The second-order valence-electron chi connectivity index (χ2n) is 4.71. The van der Waals surface area contributed by atoms with Crippen LogP contribution in [0.2, 0.25) is 0 Å². The third-order valence-corrected chi connectivity index (χ3v) is 4.80. The van der Waals surface area contributed by atoms with Gasteiger partial charge in [0.1, 0.15) is 5.82 Å². The molecule has 1 aromatic carbocycles. The van der Waals surface area contributed by atoms with E-state index in [0.29, 0.717) is 0 Å². The number of likely N-dealkylation sites (N-methyl/N-ethyl adjacent to an activating group) is 1. The van der Waals surface area contributed by atoms with Gasteiger partial charge in [-0.15, -0.1) is 0 Å². The summed E-state index contributed by atoms with van der Waals surface area (Å²) >= 11 is 1.67. The fraction of sp³-hybridized carbons (Fsp3) is 0.538. The van der Waals surface area contributed by atoms with Crippen LogP contribution in [0.15, 0.2) is 23.1 Å². The van der Waals surface area contributed by atoms with Crippen LogP contribution in [-0.2, 0) is 0 Å². The van der Waals surface area contributed by atoms with E-state index >= 15 is 0 Å². The maximum Gasteiger partial charge on any atom is 0.124 e. The van der Waals surface area contributed by atoms with E-state index in [4.69, 9.17) is 0 Å². The van der Waals surface area contributed by atoms with E-state index < -0.39 is 0 Å². The summed E-state index contributed by atoms with van der Waals surface area (Å²) in [5, 5.41) is 3.56. The van der Waals surface area contributed by atoms with Crippen molar-refractivity contribution >= 4 is 11.9 Å². The third-order valence-electron chi connectivity index (χ3n) is 3.62. The molecule has 2 aliphatic rings. The SMILES string of the molecule is CCN1CCNC2c3ccc(F)cc3SN2CC1. The molecule has 1 aromatic rings. The zero-order valence-corrected chi connectivity index (χ0v) is 11.3. The lowest BCUT2D eigenvalue weighted by Crippen LogP contribution is -2.44. The summed E-state index contributed by atoms with van der Waals surface area (Å²) in [7, 11) is 0. The van der Waals surface area contributed by atoms with E-state index in [0.717, 1.165) is 37.6 Å². The van der Waals surface area contributed by atoms with Gasteiger partial charge < -0.3 is 4.90 Å². The average Bonchev–Trinajstić information content (AvgIpc) is 2.66. The van der Waals surface area contributed by atoms with Crippen molar-refractivity contribution in [2.45, 2.75) is 18.0 Å². The van der Waals surface area contributed by atoms with Gasteiger partial charge in [0.15, 0.2) is 0 Å². The van der Waals surface area contributed by atoms with Crippen LogP contribution < -0.4 is 5.32 Å². The van der Waals surface area contributed by atoms with Crippen LogP contribution in [-0.4, -0.2) is 41.9 Å². The summed E-state index contributed by atoms with van der Waals surface area (Å²) in [6.07, 6.45) is 0.240. The number of nitrogens with one attached hydrogen (secondary N) is 1. The number of hydrogen-bond donors (Lipinski definition) is 1. The summed E-state index contributed by atoms with van der Waals surface area (Å²) in [4.78, 5) is 3.49. The van der Waals surface area contributed by atoms with E-state index in [9.17, 15) is 4.39 Å². The molecule has 18 heavy (non-hydrogen) atoms. The predicted molar refractivity (Wildman–Crippen MR) is 71.8 cm³/mol. The third kappa shape index (κ3) is 2.28. The van der Waals surface area contributed by atoms with Crippen molar-refractivity contribution in [3.63, 3.8) is 0 Å². The van der Waals surface area contributed by atoms with Gasteiger partial charge >= 0.3 is 0 Å². The molecule has 3 rings (SSSR count). The van der Waals surface area contributed by atoms with E-state index in [2.05, 4.69) is 21.4 Å². The van der Waals surface area contributed by atoms with Crippen molar-refractivity contribution in [2.75, 3.05) is 32.7 Å². The van der Waals surface area contributed by atoms with E-state index in [1.165, 1.54) is 5.56 Å². The number of hydrogen-bond acceptors (Lipinski definition) is 4. The molecule has 98 valence electrons. The highest BCUT2D eigenvalue weighted by Crippen LogP contribution is 2.42. The molecule has 1 unspecified atom stereocenters. The highest BCUT2D eigenvalue weighted by molar-refractivity contribution is 7.97. The summed E-state index contributed by atoms with van der Waals surface area (Å²) in [5.41, 5.74) is 1.21. The van der Waals surface area contributed by atoms with Crippen molar-refractivity contribution in [1.29, 1.82) is 0 Å². The molecule has 1 atom stereocenters. The highest BCUT2D eigenvalue weighted by atomic mass is 32.2. The van der Waals surface area contributed by atoms with Crippen LogP contribution in [0.4, 0.5) is 4.39 Å². The molecule has 0 bridgehead atoms. The largest absolute Gasteiger partial charge is 0.301 e. The molecule has 1 N–H and O–H groups in total. The lowest BCUT2D eigenvalue weighted by molar-refractivity contribution is 0.198. The van der Waals surface area contributed by atoms with E-state index in [-0.39, 0.29) is 12.0 Å². The van der Waals surface area contributed by atoms with Crippen LogP contribution in [0.1, 0.15) is 18.7 Å². The first-order chi connectivity index (χ1) is 8.78. The Morgan fingerprint density at radius 3 is 3.11 bits per heavy atom. The van der Waals surface area contributed by atoms with Gasteiger partial charge in [0.05, 0.1) is 6.17 Å². The molecule has 0 radical (unpaired) electrons. The fourth-order valence-electron chi connectivity index (χ4n) is 2.56. The first kappa shape index (κ1) is 12.4.